The maximum absolute atomic E-state index is 11.0. The number of unbranched alkanes of at least 4 members (excludes halogenated alkanes) is 1. The predicted molar refractivity (Wildman–Crippen MR) is 54.3 cm³/mol. The van der Waals surface area contributed by atoms with Crippen LogP contribution in [0.3, 0.4) is 0 Å². The Balaban J connectivity index is 2.48. The van der Waals surface area contributed by atoms with Crippen LogP contribution in [0.2, 0.25) is 0 Å². The predicted octanol–water partition coefficient (Wildman–Crippen LogP) is 2.94. The molecular formula is C12H18O. The minimum absolute atomic E-state index is 0.128. The van der Waals surface area contributed by atoms with E-state index < -0.39 is 0 Å². The summed E-state index contributed by atoms with van der Waals surface area (Å²) in [5.74, 6) is 6.93. The number of ketones is 1. The van der Waals surface area contributed by atoms with Crippen LogP contribution in [0, 0.1) is 17.3 Å². The molecule has 1 nitrogen and oxygen atoms in total. The number of rotatable bonds is 1. The molecule has 0 atom stereocenters. The van der Waals surface area contributed by atoms with E-state index in [1.54, 1.807) is 0 Å². The van der Waals surface area contributed by atoms with Crippen molar-refractivity contribution in [3.63, 3.8) is 0 Å². The first-order chi connectivity index (χ1) is 6.16. The van der Waals surface area contributed by atoms with E-state index in [9.17, 15) is 4.79 Å². The highest BCUT2D eigenvalue weighted by atomic mass is 16.1. The van der Waals surface area contributed by atoms with Gasteiger partial charge in [-0.05, 0) is 26.2 Å². The summed E-state index contributed by atoms with van der Waals surface area (Å²) in [6.45, 7) is 4.32. The zero-order valence-corrected chi connectivity index (χ0v) is 8.65. The van der Waals surface area contributed by atoms with Crippen molar-refractivity contribution in [1.82, 2.24) is 0 Å². The van der Waals surface area contributed by atoms with Gasteiger partial charge in [-0.3, -0.25) is 4.79 Å². The van der Waals surface area contributed by atoms with Crippen molar-refractivity contribution in [3.05, 3.63) is 0 Å². The van der Waals surface area contributed by atoms with Gasteiger partial charge in [0, 0.05) is 24.7 Å². The van der Waals surface area contributed by atoms with E-state index in [1.807, 2.05) is 0 Å². The molecule has 1 aliphatic rings. The zero-order valence-electron chi connectivity index (χ0n) is 8.65. The Morgan fingerprint density at radius 3 is 2.54 bits per heavy atom. The van der Waals surface area contributed by atoms with Crippen LogP contribution in [0.1, 0.15) is 52.4 Å². The van der Waals surface area contributed by atoms with Crippen LogP contribution in [-0.2, 0) is 4.79 Å². The molecule has 0 radical (unpaired) electrons. The molecule has 0 bridgehead atoms. The Labute approximate surface area is 80.9 Å². The van der Waals surface area contributed by atoms with E-state index >= 15 is 0 Å². The number of carbonyl (C=O) groups is 1. The lowest BCUT2D eigenvalue weighted by molar-refractivity contribution is -0.121. The van der Waals surface area contributed by atoms with Crippen LogP contribution < -0.4 is 0 Å². The normalized spacial score (nSPS) is 20.6. The summed E-state index contributed by atoms with van der Waals surface area (Å²) in [5, 5.41) is 0. The van der Waals surface area contributed by atoms with Crippen LogP contribution in [-0.4, -0.2) is 5.78 Å². The molecule has 1 rings (SSSR count). The number of carbonyl (C=O) groups excluding carboxylic acids is 1. The molecule has 0 spiro atoms. The second kappa shape index (κ2) is 4.46. The molecule has 0 aromatic carbocycles. The van der Waals surface area contributed by atoms with E-state index in [1.165, 1.54) is 0 Å². The molecular weight excluding hydrogens is 160 g/mol. The molecule has 1 fully saturated rings. The Kier molecular flexibility index (Phi) is 3.54. The van der Waals surface area contributed by atoms with Crippen molar-refractivity contribution in [2.45, 2.75) is 52.4 Å². The zero-order chi connectivity index (χ0) is 9.73. The van der Waals surface area contributed by atoms with E-state index in [4.69, 9.17) is 0 Å². The van der Waals surface area contributed by atoms with Gasteiger partial charge in [-0.25, -0.2) is 0 Å². The lowest BCUT2D eigenvalue weighted by Gasteiger charge is -2.27. The smallest absolute Gasteiger partial charge is 0.133 e. The van der Waals surface area contributed by atoms with Crippen LogP contribution >= 0.6 is 0 Å². The third kappa shape index (κ3) is 3.22. The average molecular weight is 178 g/mol. The molecule has 13 heavy (non-hydrogen) atoms. The fourth-order valence-corrected chi connectivity index (χ4v) is 1.61. The first kappa shape index (κ1) is 10.3. The molecule has 0 N–H and O–H groups in total. The lowest BCUT2D eigenvalue weighted by Crippen LogP contribution is -2.22. The van der Waals surface area contributed by atoms with Gasteiger partial charge in [0.1, 0.15) is 5.78 Å². The van der Waals surface area contributed by atoms with Gasteiger partial charge in [0.25, 0.3) is 0 Å². The molecule has 0 amide bonds. The summed E-state index contributed by atoms with van der Waals surface area (Å²) in [4.78, 5) is 11.0. The Morgan fingerprint density at radius 1 is 1.38 bits per heavy atom. The Hall–Kier alpha value is -0.770. The van der Waals surface area contributed by atoms with Crippen molar-refractivity contribution in [2.24, 2.45) is 5.41 Å². The Bertz CT molecular complexity index is 232. The monoisotopic (exact) mass is 178 g/mol. The molecule has 0 aromatic heterocycles. The van der Waals surface area contributed by atoms with Crippen molar-refractivity contribution < 1.29 is 4.79 Å². The van der Waals surface area contributed by atoms with Gasteiger partial charge >= 0.3 is 0 Å². The van der Waals surface area contributed by atoms with Gasteiger partial charge in [-0.2, -0.15) is 0 Å². The first-order valence-electron chi connectivity index (χ1n) is 5.18. The van der Waals surface area contributed by atoms with E-state index in [-0.39, 0.29) is 5.41 Å². The average Bonchev–Trinajstić information content (AvgIpc) is 2.12. The summed E-state index contributed by atoms with van der Waals surface area (Å²) < 4.78 is 0. The molecule has 0 unspecified atom stereocenters. The molecule has 0 aromatic rings. The van der Waals surface area contributed by atoms with Gasteiger partial charge in [-0.15, -0.1) is 5.92 Å². The minimum atomic E-state index is 0.128. The van der Waals surface area contributed by atoms with E-state index in [0.29, 0.717) is 5.78 Å². The highest BCUT2D eigenvalue weighted by Crippen LogP contribution is 2.33. The molecule has 0 heterocycles. The van der Waals surface area contributed by atoms with Crippen LogP contribution in [0.5, 0.6) is 0 Å². The number of Topliss-reactive ketones (excluding diaryl/α,β-unsaturated/α-hetero) is 1. The quantitative estimate of drug-likeness (QED) is 0.564. The molecule has 0 saturated heterocycles. The van der Waals surface area contributed by atoms with Gasteiger partial charge in [-0.1, -0.05) is 12.8 Å². The standard InChI is InChI=1S/C12H18O/c1-3-4-5-8-12(2)9-6-11(13)7-10-12/h3-4,6-7,9-10H2,1-2H3. The third-order valence-electron chi connectivity index (χ3n) is 2.68. The molecule has 0 aliphatic heterocycles. The summed E-state index contributed by atoms with van der Waals surface area (Å²) in [6, 6.07) is 0. The third-order valence-corrected chi connectivity index (χ3v) is 2.68. The van der Waals surface area contributed by atoms with Gasteiger partial charge < -0.3 is 0 Å². The maximum atomic E-state index is 11.0. The fourth-order valence-electron chi connectivity index (χ4n) is 1.61. The Morgan fingerprint density at radius 2 is 2.00 bits per heavy atom. The summed E-state index contributed by atoms with van der Waals surface area (Å²) in [6.07, 6.45) is 5.51. The summed E-state index contributed by atoms with van der Waals surface area (Å²) in [7, 11) is 0. The molecule has 1 heteroatoms. The largest absolute Gasteiger partial charge is 0.300 e. The second-order valence-corrected chi connectivity index (χ2v) is 4.15. The fraction of sp³-hybridized carbons (Fsp3) is 0.750. The van der Waals surface area contributed by atoms with Crippen LogP contribution in [0.25, 0.3) is 0 Å². The first-order valence-corrected chi connectivity index (χ1v) is 5.18. The number of hydrogen-bond acceptors (Lipinski definition) is 1. The van der Waals surface area contributed by atoms with Crippen LogP contribution in [0.15, 0.2) is 0 Å². The maximum Gasteiger partial charge on any atom is 0.133 e. The number of hydrogen-bond donors (Lipinski definition) is 0. The highest BCUT2D eigenvalue weighted by molar-refractivity contribution is 5.79. The molecule has 72 valence electrons. The van der Waals surface area contributed by atoms with E-state index in [2.05, 4.69) is 25.7 Å². The molecule has 1 saturated carbocycles. The minimum Gasteiger partial charge on any atom is -0.300 e. The van der Waals surface area contributed by atoms with Crippen molar-refractivity contribution in [1.29, 1.82) is 0 Å². The van der Waals surface area contributed by atoms with Crippen molar-refractivity contribution >= 4 is 5.78 Å². The van der Waals surface area contributed by atoms with Crippen molar-refractivity contribution in [3.8, 4) is 11.8 Å². The molecule has 1 aliphatic carbocycles. The van der Waals surface area contributed by atoms with Gasteiger partial charge in [0.15, 0.2) is 0 Å². The second-order valence-electron chi connectivity index (χ2n) is 4.15. The van der Waals surface area contributed by atoms with Gasteiger partial charge in [0.2, 0.25) is 0 Å². The van der Waals surface area contributed by atoms with Crippen LogP contribution in [0.4, 0.5) is 0 Å². The van der Waals surface area contributed by atoms with E-state index in [0.717, 1.165) is 38.5 Å². The van der Waals surface area contributed by atoms with Gasteiger partial charge in [0.05, 0.1) is 0 Å². The lowest BCUT2D eigenvalue weighted by atomic mass is 9.76. The SMILES string of the molecule is CCCC#CC1(C)CCC(=O)CC1. The highest BCUT2D eigenvalue weighted by Gasteiger charge is 2.27. The topological polar surface area (TPSA) is 17.1 Å². The van der Waals surface area contributed by atoms with Crippen molar-refractivity contribution in [2.75, 3.05) is 0 Å². The summed E-state index contributed by atoms with van der Waals surface area (Å²) >= 11 is 0. The summed E-state index contributed by atoms with van der Waals surface area (Å²) in [5.41, 5.74) is 0.128.